The van der Waals surface area contributed by atoms with Gasteiger partial charge >= 0.3 is 0 Å². The molecule has 0 atom stereocenters. The summed E-state index contributed by atoms with van der Waals surface area (Å²) in [6.07, 6.45) is 1.74. The first-order valence-corrected chi connectivity index (χ1v) is 12.1. The van der Waals surface area contributed by atoms with Gasteiger partial charge in [-0.2, -0.15) is 4.31 Å². The lowest BCUT2D eigenvalue weighted by Crippen LogP contribution is -3.15. The zero-order chi connectivity index (χ0) is 20.1. The Kier molecular flexibility index (Phi) is 6.87. The van der Waals surface area contributed by atoms with Gasteiger partial charge in [0.1, 0.15) is 4.21 Å². The van der Waals surface area contributed by atoms with Crippen LogP contribution >= 0.6 is 11.3 Å². The number of piperazine rings is 1. The molecule has 1 aromatic carbocycles. The summed E-state index contributed by atoms with van der Waals surface area (Å²) in [4.78, 5) is 13.7. The van der Waals surface area contributed by atoms with Gasteiger partial charge in [0.2, 0.25) is 0 Å². The molecule has 0 bridgehead atoms. The Balaban J connectivity index is 1.58. The molecule has 2 N–H and O–H groups in total. The molecule has 1 aliphatic rings. The van der Waals surface area contributed by atoms with Crippen molar-refractivity contribution in [3.63, 3.8) is 0 Å². The zero-order valence-corrected chi connectivity index (χ0v) is 18.0. The number of thiophene rings is 1. The number of carbonyl (C=O) groups is 1. The van der Waals surface area contributed by atoms with Crippen LogP contribution in [0.25, 0.3) is 0 Å². The number of rotatable bonds is 7. The molecule has 8 heteroatoms. The second kappa shape index (κ2) is 9.17. The third kappa shape index (κ3) is 4.63. The van der Waals surface area contributed by atoms with Crippen LogP contribution in [-0.4, -0.2) is 51.4 Å². The lowest BCUT2D eigenvalue weighted by Gasteiger charge is -2.30. The summed E-state index contributed by atoms with van der Waals surface area (Å²) in [7, 11) is -3.40. The van der Waals surface area contributed by atoms with Gasteiger partial charge in [0.25, 0.3) is 15.9 Å². The van der Waals surface area contributed by atoms with Crippen LogP contribution in [0.4, 0.5) is 5.69 Å². The van der Waals surface area contributed by atoms with Crippen LogP contribution in [0.15, 0.2) is 39.9 Å². The molecule has 152 valence electrons. The molecule has 2 heterocycles. The summed E-state index contributed by atoms with van der Waals surface area (Å²) >= 11 is 1.24. The summed E-state index contributed by atoms with van der Waals surface area (Å²) in [5, 5.41) is 4.88. The summed E-state index contributed by atoms with van der Waals surface area (Å²) in [6, 6.07) is 9.53. The fraction of sp³-hybridized carbons (Fsp3) is 0.450. The van der Waals surface area contributed by atoms with Crippen molar-refractivity contribution >= 4 is 33.0 Å². The molecule has 0 radical (unpaired) electrons. The number of amides is 1. The molecule has 0 unspecified atom stereocenters. The van der Waals surface area contributed by atoms with E-state index in [2.05, 4.69) is 31.3 Å². The highest BCUT2D eigenvalue weighted by atomic mass is 32.2. The van der Waals surface area contributed by atoms with Crippen LogP contribution in [0.2, 0.25) is 0 Å². The third-order valence-electron chi connectivity index (χ3n) is 5.19. The van der Waals surface area contributed by atoms with Gasteiger partial charge in [0.15, 0.2) is 6.54 Å². The van der Waals surface area contributed by atoms with Gasteiger partial charge in [-0.15, -0.1) is 11.3 Å². The van der Waals surface area contributed by atoms with Crippen molar-refractivity contribution in [2.75, 3.05) is 38.0 Å². The van der Waals surface area contributed by atoms with Crippen molar-refractivity contribution in [3.8, 4) is 0 Å². The molecule has 0 spiro atoms. The SMILES string of the molecule is CCc1cccc(CC)c1NC(=O)C[NH+]1CCN(S(=O)(=O)c2cccs2)CC1. The van der Waals surface area contributed by atoms with Crippen molar-refractivity contribution in [1.82, 2.24) is 4.31 Å². The number of hydrogen-bond acceptors (Lipinski definition) is 4. The number of nitrogens with zero attached hydrogens (tertiary/aromatic N) is 1. The fourth-order valence-corrected chi connectivity index (χ4v) is 6.16. The lowest BCUT2D eigenvalue weighted by molar-refractivity contribution is -0.895. The van der Waals surface area contributed by atoms with Crippen LogP contribution in [0.3, 0.4) is 0 Å². The summed E-state index contributed by atoms with van der Waals surface area (Å²) in [6.45, 7) is 6.67. The van der Waals surface area contributed by atoms with Crippen LogP contribution in [-0.2, 0) is 27.7 Å². The lowest BCUT2D eigenvalue weighted by atomic mass is 10.0. The number of benzene rings is 1. The van der Waals surface area contributed by atoms with E-state index in [1.54, 1.807) is 17.5 Å². The van der Waals surface area contributed by atoms with E-state index >= 15 is 0 Å². The minimum atomic E-state index is -3.40. The first kappa shape index (κ1) is 21.0. The molecule has 0 aliphatic carbocycles. The molecular weight excluding hydrogens is 394 g/mol. The minimum absolute atomic E-state index is 0.0137. The second-order valence-electron chi connectivity index (χ2n) is 6.97. The minimum Gasteiger partial charge on any atom is -0.325 e. The maximum Gasteiger partial charge on any atom is 0.279 e. The Hall–Kier alpha value is -1.74. The number of aryl methyl sites for hydroxylation is 2. The van der Waals surface area contributed by atoms with E-state index in [0.717, 1.165) is 34.6 Å². The maximum atomic E-state index is 12.6. The number of para-hydroxylation sites is 1. The van der Waals surface area contributed by atoms with Gasteiger partial charge in [0, 0.05) is 5.69 Å². The van der Waals surface area contributed by atoms with Gasteiger partial charge in [-0.25, -0.2) is 8.42 Å². The topological polar surface area (TPSA) is 70.9 Å². The molecule has 1 aliphatic heterocycles. The second-order valence-corrected chi connectivity index (χ2v) is 10.1. The van der Waals surface area contributed by atoms with E-state index in [-0.39, 0.29) is 5.91 Å². The number of hydrogen-bond donors (Lipinski definition) is 2. The van der Waals surface area contributed by atoms with Crippen molar-refractivity contribution in [2.45, 2.75) is 30.9 Å². The quantitative estimate of drug-likeness (QED) is 0.709. The molecule has 3 rings (SSSR count). The number of quaternary nitrogens is 1. The summed E-state index contributed by atoms with van der Waals surface area (Å²) in [5.41, 5.74) is 3.24. The average molecular weight is 423 g/mol. The molecule has 1 amide bonds. The number of carbonyl (C=O) groups excluding carboxylic acids is 1. The van der Waals surface area contributed by atoms with E-state index in [1.807, 2.05) is 6.07 Å². The molecule has 6 nitrogen and oxygen atoms in total. The average Bonchev–Trinajstić information content (AvgIpc) is 3.24. The molecule has 28 heavy (non-hydrogen) atoms. The Labute approximate surface area is 171 Å². The molecule has 1 fully saturated rings. The zero-order valence-electron chi connectivity index (χ0n) is 16.4. The van der Waals surface area contributed by atoms with Crippen LogP contribution < -0.4 is 10.2 Å². The Morgan fingerprint density at radius 2 is 1.75 bits per heavy atom. The first-order valence-electron chi connectivity index (χ1n) is 9.73. The molecule has 0 saturated carbocycles. The van der Waals surface area contributed by atoms with E-state index in [1.165, 1.54) is 15.6 Å². The van der Waals surface area contributed by atoms with Crippen LogP contribution in [0.1, 0.15) is 25.0 Å². The monoisotopic (exact) mass is 422 g/mol. The van der Waals surface area contributed by atoms with E-state index in [9.17, 15) is 13.2 Å². The van der Waals surface area contributed by atoms with Crippen molar-refractivity contribution in [1.29, 1.82) is 0 Å². The van der Waals surface area contributed by atoms with Gasteiger partial charge in [-0.1, -0.05) is 38.1 Å². The smallest absolute Gasteiger partial charge is 0.279 e. The largest absolute Gasteiger partial charge is 0.325 e. The number of anilines is 1. The summed E-state index contributed by atoms with van der Waals surface area (Å²) in [5.74, 6) is -0.0137. The molecule has 1 aromatic heterocycles. The van der Waals surface area contributed by atoms with Gasteiger partial charge in [-0.3, -0.25) is 4.79 Å². The van der Waals surface area contributed by atoms with E-state index in [0.29, 0.717) is 36.9 Å². The molecular formula is C20H28N3O3S2+. The molecule has 2 aromatic rings. The predicted molar refractivity (Wildman–Crippen MR) is 112 cm³/mol. The Bertz CT molecular complexity index is 881. The van der Waals surface area contributed by atoms with E-state index in [4.69, 9.17) is 0 Å². The van der Waals surface area contributed by atoms with Crippen molar-refractivity contribution in [3.05, 3.63) is 46.8 Å². The summed E-state index contributed by atoms with van der Waals surface area (Å²) < 4.78 is 27.1. The van der Waals surface area contributed by atoms with Gasteiger partial charge in [-0.05, 0) is 35.4 Å². The normalized spacial score (nSPS) is 16.2. The third-order valence-corrected chi connectivity index (χ3v) is 8.46. The Morgan fingerprint density at radius 1 is 1.11 bits per heavy atom. The highest BCUT2D eigenvalue weighted by Crippen LogP contribution is 2.22. The first-order chi connectivity index (χ1) is 13.5. The highest BCUT2D eigenvalue weighted by molar-refractivity contribution is 7.91. The molecule has 1 saturated heterocycles. The van der Waals surface area contributed by atoms with Crippen LogP contribution in [0.5, 0.6) is 0 Å². The van der Waals surface area contributed by atoms with Crippen molar-refractivity contribution < 1.29 is 18.1 Å². The van der Waals surface area contributed by atoms with Crippen LogP contribution in [0, 0.1) is 0 Å². The van der Waals surface area contributed by atoms with Gasteiger partial charge < -0.3 is 10.2 Å². The predicted octanol–water partition coefficient (Wildman–Crippen LogP) is 1.40. The van der Waals surface area contributed by atoms with Crippen molar-refractivity contribution in [2.24, 2.45) is 0 Å². The van der Waals surface area contributed by atoms with Gasteiger partial charge in [0.05, 0.1) is 26.2 Å². The maximum absolute atomic E-state index is 12.6. The highest BCUT2D eigenvalue weighted by Gasteiger charge is 2.31. The standard InChI is InChI=1S/C20H27N3O3S2/c1-3-16-7-5-8-17(4-2)20(16)21-18(24)15-22-10-12-23(13-11-22)28(25,26)19-9-6-14-27-19/h5-9,14H,3-4,10-13,15H2,1-2H3,(H,21,24)/p+1. The van der Waals surface area contributed by atoms with E-state index < -0.39 is 10.0 Å². The number of sulfonamides is 1. The fourth-order valence-electron chi connectivity index (χ4n) is 3.57. The Morgan fingerprint density at radius 3 is 2.29 bits per heavy atom. The number of nitrogens with one attached hydrogen (secondary N) is 2.